The second-order valence-electron chi connectivity index (χ2n) is 5.41. The number of carbonyl (C=O) groups is 1. The monoisotopic (exact) mass is 256 g/mol. The van der Waals surface area contributed by atoms with Crippen LogP contribution in [0, 0.1) is 5.92 Å². The zero-order valence-corrected chi connectivity index (χ0v) is 12.1. The maximum Gasteiger partial charge on any atom is 0.222 e. The van der Waals surface area contributed by atoms with Crippen LogP contribution in [0.25, 0.3) is 0 Å². The summed E-state index contributed by atoms with van der Waals surface area (Å²) in [5.74, 6) is 1.01. The van der Waals surface area contributed by atoms with Crippen LogP contribution in [0.5, 0.6) is 0 Å². The Kier molecular flexibility index (Phi) is 7.28. The van der Waals surface area contributed by atoms with E-state index >= 15 is 0 Å². The molecule has 1 rings (SSSR count). The van der Waals surface area contributed by atoms with Gasteiger partial charge >= 0.3 is 0 Å². The molecule has 0 aliphatic carbocycles. The molecule has 1 aliphatic rings. The van der Waals surface area contributed by atoms with E-state index in [-0.39, 0.29) is 11.9 Å². The van der Waals surface area contributed by atoms with Gasteiger partial charge in [0.15, 0.2) is 0 Å². The number of piperidine rings is 1. The fourth-order valence-corrected chi connectivity index (χ4v) is 2.50. The zero-order valence-electron chi connectivity index (χ0n) is 12.1. The van der Waals surface area contributed by atoms with E-state index in [2.05, 4.69) is 19.2 Å². The molecule has 0 atom stereocenters. The van der Waals surface area contributed by atoms with Crippen LogP contribution in [0.2, 0.25) is 0 Å². The standard InChI is InChI=1S/C14H28N2O2/c1-12(2)16(10-11-18-3)14(17)5-4-13-6-8-15-9-7-13/h12-13,15H,4-11H2,1-3H3. The van der Waals surface area contributed by atoms with Crippen LogP contribution in [0.3, 0.4) is 0 Å². The number of hydrogen-bond acceptors (Lipinski definition) is 3. The highest BCUT2D eigenvalue weighted by Crippen LogP contribution is 2.18. The van der Waals surface area contributed by atoms with Gasteiger partial charge < -0.3 is 15.0 Å². The topological polar surface area (TPSA) is 41.6 Å². The summed E-state index contributed by atoms with van der Waals surface area (Å²) in [7, 11) is 1.68. The Morgan fingerprint density at radius 3 is 2.61 bits per heavy atom. The minimum Gasteiger partial charge on any atom is -0.383 e. The summed E-state index contributed by atoms with van der Waals surface area (Å²) in [5, 5.41) is 3.36. The Hall–Kier alpha value is -0.610. The first-order valence-electron chi connectivity index (χ1n) is 7.14. The van der Waals surface area contributed by atoms with Crippen LogP contribution in [0.1, 0.15) is 39.5 Å². The van der Waals surface area contributed by atoms with Crippen LogP contribution in [-0.2, 0) is 9.53 Å². The average molecular weight is 256 g/mol. The van der Waals surface area contributed by atoms with Gasteiger partial charge in [-0.05, 0) is 52.1 Å². The number of nitrogens with zero attached hydrogens (tertiary/aromatic N) is 1. The Labute approximate surface area is 111 Å². The number of hydrogen-bond donors (Lipinski definition) is 1. The second kappa shape index (κ2) is 8.48. The molecule has 4 nitrogen and oxygen atoms in total. The predicted molar refractivity (Wildman–Crippen MR) is 73.6 cm³/mol. The summed E-state index contributed by atoms with van der Waals surface area (Å²) in [6.45, 7) is 7.68. The van der Waals surface area contributed by atoms with Crippen molar-refractivity contribution in [2.24, 2.45) is 5.92 Å². The molecule has 0 saturated carbocycles. The van der Waals surface area contributed by atoms with Gasteiger partial charge in [0.05, 0.1) is 6.61 Å². The predicted octanol–water partition coefficient (Wildman–Crippen LogP) is 1.65. The molecule has 1 aliphatic heterocycles. The molecular weight excluding hydrogens is 228 g/mol. The maximum absolute atomic E-state index is 12.2. The summed E-state index contributed by atoms with van der Waals surface area (Å²) in [6.07, 6.45) is 4.16. The molecule has 18 heavy (non-hydrogen) atoms. The van der Waals surface area contributed by atoms with E-state index in [1.54, 1.807) is 7.11 Å². The third-order valence-electron chi connectivity index (χ3n) is 3.71. The molecule has 1 saturated heterocycles. The van der Waals surface area contributed by atoms with Crippen molar-refractivity contribution in [3.8, 4) is 0 Å². The van der Waals surface area contributed by atoms with Gasteiger partial charge in [-0.25, -0.2) is 0 Å². The fraction of sp³-hybridized carbons (Fsp3) is 0.929. The van der Waals surface area contributed by atoms with Gasteiger partial charge in [-0.3, -0.25) is 4.79 Å². The largest absolute Gasteiger partial charge is 0.383 e. The lowest BCUT2D eigenvalue weighted by molar-refractivity contribution is -0.133. The molecule has 1 amide bonds. The Balaban J connectivity index is 2.31. The molecule has 0 spiro atoms. The second-order valence-corrected chi connectivity index (χ2v) is 5.41. The van der Waals surface area contributed by atoms with Gasteiger partial charge in [0.1, 0.15) is 0 Å². The van der Waals surface area contributed by atoms with Crippen LogP contribution in [0.15, 0.2) is 0 Å². The molecule has 0 bridgehead atoms. The van der Waals surface area contributed by atoms with Crippen molar-refractivity contribution < 1.29 is 9.53 Å². The third kappa shape index (κ3) is 5.36. The summed E-state index contributed by atoms with van der Waals surface area (Å²) in [6, 6.07) is 0.265. The lowest BCUT2D eigenvalue weighted by atomic mass is 9.93. The van der Waals surface area contributed by atoms with Gasteiger partial charge in [-0.1, -0.05) is 0 Å². The van der Waals surface area contributed by atoms with Gasteiger partial charge in [-0.2, -0.15) is 0 Å². The van der Waals surface area contributed by atoms with Crippen molar-refractivity contribution in [3.05, 3.63) is 0 Å². The van der Waals surface area contributed by atoms with Gasteiger partial charge in [-0.15, -0.1) is 0 Å². The summed E-state index contributed by atoms with van der Waals surface area (Å²) in [4.78, 5) is 14.1. The number of rotatable bonds is 7. The normalized spacial score (nSPS) is 17.1. The Morgan fingerprint density at radius 2 is 2.06 bits per heavy atom. The van der Waals surface area contributed by atoms with Gasteiger partial charge in [0.25, 0.3) is 0 Å². The first-order valence-corrected chi connectivity index (χ1v) is 7.14. The van der Waals surface area contributed by atoms with Gasteiger partial charge in [0.2, 0.25) is 5.91 Å². The highest BCUT2D eigenvalue weighted by atomic mass is 16.5. The highest BCUT2D eigenvalue weighted by molar-refractivity contribution is 5.76. The van der Waals surface area contributed by atoms with Crippen LogP contribution < -0.4 is 5.32 Å². The SMILES string of the molecule is COCCN(C(=O)CCC1CCNCC1)C(C)C. The van der Waals surface area contributed by atoms with E-state index in [0.29, 0.717) is 19.6 Å². The molecule has 0 aromatic heterocycles. The van der Waals surface area contributed by atoms with Crippen molar-refractivity contribution in [1.82, 2.24) is 10.2 Å². The number of nitrogens with one attached hydrogen (secondary N) is 1. The van der Waals surface area contributed by atoms with Crippen molar-refractivity contribution in [2.75, 3.05) is 33.4 Å². The summed E-state index contributed by atoms with van der Waals surface area (Å²) >= 11 is 0. The first kappa shape index (κ1) is 15.4. The molecular formula is C14H28N2O2. The molecule has 0 radical (unpaired) electrons. The highest BCUT2D eigenvalue weighted by Gasteiger charge is 2.19. The lowest BCUT2D eigenvalue weighted by Gasteiger charge is -2.28. The molecule has 1 fully saturated rings. The zero-order chi connectivity index (χ0) is 13.4. The Bertz CT molecular complexity index is 238. The molecule has 106 valence electrons. The molecule has 1 N–H and O–H groups in total. The summed E-state index contributed by atoms with van der Waals surface area (Å²) in [5.41, 5.74) is 0. The van der Waals surface area contributed by atoms with Crippen molar-refractivity contribution in [2.45, 2.75) is 45.6 Å². The average Bonchev–Trinajstić information content (AvgIpc) is 2.37. The maximum atomic E-state index is 12.2. The smallest absolute Gasteiger partial charge is 0.222 e. The number of methoxy groups -OCH3 is 1. The quantitative estimate of drug-likeness (QED) is 0.753. The van der Waals surface area contributed by atoms with E-state index in [0.717, 1.165) is 25.4 Å². The minimum absolute atomic E-state index is 0.265. The molecule has 1 heterocycles. The Morgan fingerprint density at radius 1 is 1.39 bits per heavy atom. The van der Waals surface area contributed by atoms with E-state index < -0.39 is 0 Å². The fourth-order valence-electron chi connectivity index (χ4n) is 2.50. The van der Waals surface area contributed by atoms with Crippen molar-refractivity contribution in [3.63, 3.8) is 0 Å². The van der Waals surface area contributed by atoms with E-state index in [4.69, 9.17) is 4.74 Å². The van der Waals surface area contributed by atoms with E-state index in [1.807, 2.05) is 4.90 Å². The van der Waals surface area contributed by atoms with E-state index in [1.165, 1.54) is 12.8 Å². The number of carbonyl (C=O) groups excluding carboxylic acids is 1. The number of ether oxygens (including phenoxy) is 1. The van der Waals surface area contributed by atoms with Crippen LogP contribution >= 0.6 is 0 Å². The molecule has 0 aromatic carbocycles. The van der Waals surface area contributed by atoms with Gasteiger partial charge in [0, 0.05) is 26.1 Å². The van der Waals surface area contributed by atoms with Crippen LogP contribution in [-0.4, -0.2) is 50.2 Å². The number of amides is 1. The molecule has 4 heteroatoms. The van der Waals surface area contributed by atoms with E-state index in [9.17, 15) is 4.79 Å². The summed E-state index contributed by atoms with van der Waals surface area (Å²) < 4.78 is 5.06. The molecule has 0 aromatic rings. The minimum atomic E-state index is 0.265. The van der Waals surface area contributed by atoms with Crippen molar-refractivity contribution >= 4 is 5.91 Å². The first-order chi connectivity index (χ1) is 8.65. The van der Waals surface area contributed by atoms with Crippen LogP contribution in [0.4, 0.5) is 0 Å². The van der Waals surface area contributed by atoms with Crippen molar-refractivity contribution in [1.29, 1.82) is 0 Å². The molecule has 0 unspecified atom stereocenters. The lowest BCUT2D eigenvalue weighted by Crippen LogP contribution is -2.39. The third-order valence-corrected chi connectivity index (χ3v) is 3.71.